The molecule has 0 saturated carbocycles. The van der Waals surface area contributed by atoms with Crippen LogP contribution in [0.4, 0.5) is 11.4 Å². The molecule has 0 unspecified atom stereocenters. The number of halogens is 1. The molecule has 1 aromatic carbocycles. The molecule has 1 heterocycles. The molecule has 0 fully saturated rings. The van der Waals surface area contributed by atoms with Gasteiger partial charge in [-0.25, -0.2) is 0 Å². The van der Waals surface area contributed by atoms with E-state index in [1.807, 2.05) is 24.1 Å². The fourth-order valence-corrected chi connectivity index (χ4v) is 1.84. The standard InChI is InChI=1S/C13H12ClN3O/c1-17(11-3-2-4-16-8-11)12-6-9(13(15)18)5-10(14)7-12/h2-8H,1H3,(H2,15,18). The maximum absolute atomic E-state index is 11.2. The lowest BCUT2D eigenvalue weighted by Gasteiger charge is -2.19. The second-order valence-electron chi connectivity index (χ2n) is 3.83. The molecule has 0 spiro atoms. The highest BCUT2D eigenvalue weighted by Gasteiger charge is 2.09. The summed E-state index contributed by atoms with van der Waals surface area (Å²) in [5.74, 6) is -0.502. The molecule has 0 aliphatic rings. The fraction of sp³-hybridized carbons (Fsp3) is 0.0769. The fourth-order valence-electron chi connectivity index (χ4n) is 1.61. The number of pyridine rings is 1. The Balaban J connectivity index is 2.42. The van der Waals surface area contributed by atoms with Gasteiger partial charge in [-0.15, -0.1) is 0 Å². The number of benzene rings is 1. The van der Waals surface area contributed by atoms with E-state index < -0.39 is 5.91 Å². The average Bonchev–Trinajstić information content (AvgIpc) is 2.38. The Kier molecular flexibility index (Phi) is 3.48. The summed E-state index contributed by atoms with van der Waals surface area (Å²) in [6, 6.07) is 8.76. The molecule has 0 bridgehead atoms. The molecule has 0 aliphatic heterocycles. The van der Waals surface area contributed by atoms with E-state index in [0.717, 1.165) is 11.4 Å². The van der Waals surface area contributed by atoms with Crippen LogP contribution in [0.2, 0.25) is 5.02 Å². The second kappa shape index (κ2) is 5.06. The lowest BCUT2D eigenvalue weighted by Crippen LogP contribution is -2.14. The molecule has 2 aromatic rings. The zero-order valence-electron chi connectivity index (χ0n) is 9.80. The topological polar surface area (TPSA) is 59.2 Å². The van der Waals surface area contributed by atoms with Crippen molar-refractivity contribution < 1.29 is 4.79 Å². The van der Waals surface area contributed by atoms with E-state index in [0.29, 0.717) is 10.6 Å². The predicted octanol–water partition coefficient (Wildman–Crippen LogP) is 2.60. The summed E-state index contributed by atoms with van der Waals surface area (Å²) in [6.07, 6.45) is 3.43. The monoisotopic (exact) mass is 261 g/mol. The Morgan fingerprint density at radius 1 is 1.33 bits per heavy atom. The Hall–Kier alpha value is -2.07. The van der Waals surface area contributed by atoms with Crippen molar-refractivity contribution in [2.45, 2.75) is 0 Å². The Labute approximate surface area is 110 Å². The molecule has 5 heteroatoms. The number of nitrogens with two attached hydrogens (primary N) is 1. The molecule has 1 amide bonds. The highest BCUT2D eigenvalue weighted by atomic mass is 35.5. The van der Waals surface area contributed by atoms with Crippen LogP contribution in [0.15, 0.2) is 42.7 Å². The highest BCUT2D eigenvalue weighted by molar-refractivity contribution is 6.31. The molecular weight excluding hydrogens is 250 g/mol. The van der Waals surface area contributed by atoms with Gasteiger partial charge in [0.25, 0.3) is 0 Å². The summed E-state index contributed by atoms with van der Waals surface area (Å²) in [4.78, 5) is 17.1. The van der Waals surface area contributed by atoms with E-state index in [4.69, 9.17) is 17.3 Å². The van der Waals surface area contributed by atoms with E-state index in [1.54, 1.807) is 30.6 Å². The van der Waals surface area contributed by atoms with Gasteiger partial charge < -0.3 is 10.6 Å². The number of rotatable bonds is 3. The molecule has 18 heavy (non-hydrogen) atoms. The van der Waals surface area contributed by atoms with Crippen LogP contribution in [0, 0.1) is 0 Å². The molecule has 0 radical (unpaired) electrons. The molecule has 4 nitrogen and oxygen atoms in total. The zero-order valence-corrected chi connectivity index (χ0v) is 10.6. The first kappa shape index (κ1) is 12.4. The summed E-state index contributed by atoms with van der Waals surface area (Å²) in [6.45, 7) is 0. The smallest absolute Gasteiger partial charge is 0.248 e. The van der Waals surface area contributed by atoms with Crippen LogP contribution in [0.5, 0.6) is 0 Å². The van der Waals surface area contributed by atoms with E-state index in [-0.39, 0.29) is 0 Å². The van der Waals surface area contributed by atoms with Crippen LogP contribution in [0.25, 0.3) is 0 Å². The van der Waals surface area contributed by atoms with Gasteiger partial charge in [-0.3, -0.25) is 9.78 Å². The maximum atomic E-state index is 11.2. The number of anilines is 2. The average molecular weight is 262 g/mol. The summed E-state index contributed by atoms with van der Waals surface area (Å²) in [5, 5.41) is 0.469. The van der Waals surface area contributed by atoms with Gasteiger partial charge in [-0.2, -0.15) is 0 Å². The van der Waals surface area contributed by atoms with Crippen molar-refractivity contribution in [3.63, 3.8) is 0 Å². The van der Waals surface area contributed by atoms with Gasteiger partial charge in [0.1, 0.15) is 0 Å². The molecular formula is C13H12ClN3O. The number of aromatic nitrogens is 1. The van der Waals surface area contributed by atoms with Crippen LogP contribution in [-0.2, 0) is 0 Å². The molecule has 2 rings (SSSR count). The Morgan fingerprint density at radius 2 is 2.11 bits per heavy atom. The van der Waals surface area contributed by atoms with E-state index in [2.05, 4.69) is 4.98 Å². The Morgan fingerprint density at radius 3 is 2.72 bits per heavy atom. The van der Waals surface area contributed by atoms with Crippen LogP contribution in [0.1, 0.15) is 10.4 Å². The third-order valence-electron chi connectivity index (χ3n) is 2.59. The van der Waals surface area contributed by atoms with Gasteiger partial charge >= 0.3 is 0 Å². The molecule has 92 valence electrons. The lowest BCUT2D eigenvalue weighted by atomic mass is 10.1. The van der Waals surface area contributed by atoms with Crippen molar-refractivity contribution in [3.8, 4) is 0 Å². The minimum Gasteiger partial charge on any atom is -0.366 e. The lowest BCUT2D eigenvalue weighted by molar-refractivity contribution is 0.100. The van der Waals surface area contributed by atoms with Crippen molar-refractivity contribution >= 4 is 28.9 Å². The molecule has 0 saturated heterocycles. The normalized spacial score (nSPS) is 10.1. The minimum atomic E-state index is -0.502. The first-order valence-electron chi connectivity index (χ1n) is 5.32. The van der Waals surface area contributed by atoms with E-state index in [1.165, 1.54) is 0 Å². The summed E-state index contributed by atoms with van der Waals surface area (Å²) < 4.78 is 0. The van der Waals surface area contributed by atoms with E-state index in [9.17, 15) is 4.79 Å². The zero-order chi connectivity index (χ0) is 13.1. The van der Waals surface area contributed by atoms with Gasteiger partial charge in [0, 0.05) is 29.5 Å². The summed E-state index contributed by atoms with van der Waals surface area (Å²) in [5.41, 5.74) is 7.32. The highest BCUT2D eigenvalue weighted by Crippen LogP contribution is 2.26. The van der Waals surface area contributed by atoms with Crippen LogP contribution in [0.3, 0.4) is 0 Å². The third kappa shape index (κ3) is 2.60. The van der Waals surface area contributed by atoms with Crippen LogP contribution >= 0.6 is 11.6 Å². The number of hydrogen-bond acceptors (Lipinski definition) is 3. The second-order valence-corrected chi connectivity index (χ2v) is 4.27. The molecule has 0 atom stereocenters. The first-order valence-corrected chi connectivity index (χ1v) is 5.70. The van der Waals surface area contributed by atoms with Crippen LogP contribution < -0.4 is 10.6 Å². The SMILES string of the molecule is CN(c1cccnc1)c1cc(Cl)cc(C(N)=O)c1. The van der Waals surface area contributed by atoms with Crippen molar-refractivity contribution in [1.29, 1.82) is 0 Å². The number of amides is 1. The maximum Gasteiger partial charge on any atom is 0.248 e. The molecule has 2 N–H and O–H groups in total. The van der Waals surface area contributed by atoms with Gasteiger partial charge in [0.15, 0.2) is 0 Å². The van der Waals surface area contributed by atoms with Gasteiger partial charge in [-0.05, 0) is 30.3 Å². The minimum absolute atomic E-state index is 0.383. The van der Waals surface area contributed by atoms with Crippen molar-refractivity contribution in [3.05, 3.63) is 53.3 Å². The predicted molar refractivity (Wildman–Crippen MR) is 72.3 cm³/mol. The van der Waals surface area contributed by atoms with E-state index >= 15 is 0 Å². The summed E-state index contributed by atoms with van der Waals surface area (Å²) >= 11 is 5.98. The van der Waals surface area contributed by atoms with Crippen molar-refractivity contribution in [1.82, 2.24) is 4.98 Å². The van der Waals surface area contributed by atoms with Gasteiger partial charge in [0.05, 0.1) is 11.9 Å². The first-order chi connectivity index (χ1) is 8.58. The number of hydrogen-bond donors (Lipinski definition) is 1. The van der Waals surface area contributed by atoms with Crippen molar-refractivity contribution in [2.24, 2.45) is 5.73 Å². The number of carbonyl (C=O) groups is 1. The largest absolute Gasteiger partial charge is 0.366 e. The number of nitrogens with zero attached hydrogens (tertiary/aromatic N) is 2. The number of primary amides is 1. The molecule has 0 aliphatic carbocycles. The Bertz CT molecular complexity index is 572. The molecule has 1 aromatic heterocycles. The van der Waals surface area contributed by atoms with Crippen molar-refractivity contribution in [2.75, 3.05) is 11.9 Å². The van der Waals surface area contributed by atoms with Gasteiger partial charge in [0.2, 0.25) is 5.91 Å². The van der Waals surface area contributed by atoms with Gasteiger partial charge in [-0.1, -0.05) is 11.6 Å². The third-order valence-corrected chi connectivity index (χ3v) is 2.81. The quantitative estimate of drug-likeness (QED) is 0.924. The summed E-state index contributed by atoms with van der Waals surface area (Å²) in [7, 11) is 1.87. The number of carbonyl (C=O) groups excluding carboxylic acids is 1. The van der Waals surface area contributed by atoms with Crippen LogP contribution in [-0.4, -0.2) is 17.9 Å².